The van der Waals surface area contributed by atoms with Crippen LogP contribution >= 0.6 is 23.8 Å². The third kappa shape index (κ3) is 5.14. The Hall–Kier alpha value is -3.75. The van der Waals surface area contributed by atoms with Crippen LogP contribution in [0.25, 0.3) is 5.82 Å². The van der Waals surface area contributed by atoms with Crippen LogP contribution in [0.2, 0.25) is 5.02 Å². The van der Waals surface area contributed by atoms with Crippen LogP contribution in [0.15, 0.2) is 67.0 Å². The van der Waals surface area contributed by atoms with Gasteiger partial charge in [0.1, 0.15) is 5.82 Å². The number of hydrogen-bond donors (Lipinski definition) is 2. The van der Waals surface area contributed by atoms with Crippen LogP contribution in [0.5, 0.6) is 0 Å². The summed E-state index contributed by atoms with van der Waals surface area (Å²) < 4.78 is 2.17. The van der Waals surface area contributed by atoms with Gasteiger partial charge in [-0.05, 0) is 86.6 Å². The van der Waals surface area contributed by atoms with Crippen LogP contribution in [0.1, 0.15) is 54.1 Å². The molecule has 9 heteroatoms. The molecule has 0 unspecified atom stereocenters. The Morgan fingerprint density at radius 2 is 1.87 bits per heavy atom. The largest absolute Gasteiger partial charge is 0.351 e. The molecule has 0 spiro atoms. The number of aryl methyl sites for hydroxylation is 2. The van der Waals surface area contributed by atoms with Crippen molar-refractivity contribution in [3.05, 3.63) is 100 Å². The van der Waals surface area contributed by atoms with Gasteiger partial charge in [-0.1, -0.05) is 37.6 Å². The lowest BCUT2D eigenvalue weighted by molar-refractivity contribution is -0.118. The molecule has 39 heavy (non-hydrogen) atoms. The number of carbonyl (C=O) groups excluding carboxylic acids is 1. The second-order valence-corrected chi connectivity index (χ2v) is 11.0. The summed E-state index contributed by atoms with van der Waals surface area (Å²) in [4.78, 5) is 23.7. The molecule has 1 fully saturated rings. The number of thiocarbonyl (C=S) groups is 1. The van der Waals surface area contributed by atoms with Gasteiger partial charge in [-0.2, -0.15) is 0 Å². The van der Waals surface area contributed by atoms with E-state index < -0.39 is 0 Å². The van der Waals surface area contributed by atoms with Gasteiger partial charge in [-0.25, -0.2) is 4.98 Å². The summed E-state index contributed by atoms with van der Waals surface area (Å²) in [6, 6.07) is 17.4. The number of benzene rings is 1. The van der Waals surface area contributed by atoms with E-state index in [0.717, 1.165) is 39.7 Å². The number of nitrogens with zero attached hydrogens (tertiary/aromatic N) is 4. The number of pyridine rings is 2. The highest BCUT2D eigenvalue weighted by atomic mass is 35.5. The highest BCUT2D eigenvalue weighted by Gasteiger charge is 2.42. The van der Waals surface area contributed by atoms with Gasteiger partial charge in [0.2, 0.25) is 5.91 Å². The zero-order valence-electron chi connectivity index (χ0n) is 22.6. The Balaban J connectivity index is 1.61. The minimum absolute atomic E-state index is 0.0896. The van der Waals surface area contributed by atoms with Gasteiger partial charge in [-0.15, -0.1) is 0 Å². The van der Waals surface area contributed by atoms with Crippen molar-refractivity contribution in [1.82, 2.24) is 19.9 Å². The molecule has 1 aliphatic rings. The van der Waals surface area contributed by atoms with E-state index in [1.54, 1.807) is 6.20 Å². The Kier molecular flexibility index (Phi) is 7.42. The summed E-state index contributed by atoms with van der Waals surface area (Å²) in [7, 11) is 0. The van der Waals surface area contributed by atoms with Gasteiger partial charge in [0, 0.05) is 35.4 Å². The monoisotopic (exact) mass is 558 g/mol. The predicted octanol–water partition coefficient (Wildman–Crippen LogP) is 6.62. The Morgan fingerprint density at radius 3 is 2.51 bits per heavy atom. The van der Waals surface area contributed by atoms with E-state index in [1.165, 1.54) is 0 Å². The average Bonchev–Trinajstić information content (AvgIpc) is 3.41. The normalized spacial score (nSPS) is 17.0. The molecule has 2 N–H and O–H groups in total. The number of rotatable bonds is 6. The van der Waals surface area contributed by atoms with Crippen LogP contribution in [0.3, 0.4) is 0 Å². The number of aromatic nitrogens is 3. The van der Waals surface area contributed by atoms with Gasteiger partial charge in [0.25, 0.3) is 0 Å². The molecule has 1 amide bonds. The summed E-state index contributed by atoms with van der Waals surface area (Å²) in [5, 5.41) is 7.43. The molecule has 7 nitrogen and oxygen atoms in total. The van der Waals surface area contributed by atoms with Crippen molar-refractivity contribution in [3.8, 4) is 5.82 Å². The topological polar surface area (TPSA) is 75.1 Å². The fraction of sp³-hybridized carbons (Fsp3) is 0.267. The van der Waals surface area contributed by atoms with Crippen molar-refractivity contribution in [3.63, 3.8) is 0 Å². The average molecular weight is 559 g/mol. The maximum absolute atomic E-state index is 12.3. The highest BCUT2D eigenvalue weighted by Crippen LogP contribution is 2.44. The van der Waals surface area contributed by atoms with Crippen molar-refractivity contribution in [1.29, 1.82) is 0 Å². The van der Waals surface area contributed by atoms with Crippen molar-refractivity contribution in [2.75, 3.05) is 10.2 Å². The van der Waals surface area contributed by atoms with E-state index in [9.17, 15) is 4.79 Å². The zero-order chi connectivity index (χ0) is 27.8. The van der Waals surface area contributed by atoms with Crippen molar-refractivity contribution >= 4 is 46.2 Å². The quantitative estimate of drug-likeness (QED) is 0.259. The molecule has 5 rings (SSSR count). The zero-order valence-corrected chi connectivity index (χ0v) is 24.1. The van der Waals surface area contributed by atoms with E-state index in [2.05, 4.69) is 56.0 Å². The molecule has 0 radical (unpaired) electrons. The first-order valence-electron chi connectivity index (χ1n) is 12.9. The van der Waals surface area contributed by atoms with E-state index in [4.69, 9.17) is 23.8 Å². The molecule has 1 saturated heterocycles. The lowest BCUT2D eigenvalue weighted by atomic mass is 9.96. The first-order chi connectivity index (χ1) is 18.7. The Morgan fingerprint density at radius 1 is 1.08 bits per heavy atom. The minimum atomic E-state index is -0.204. The van der Waals surface area contributed by atoms with Crippen LogP contribution in [-0.2, 0) is 4.79 Å². The third-order valence-electron chi connectivity index (χ3n) is 7.02. The van der Waals surface area contributed by atoms with E-state index in [-0.39, 0.29) is 23.9 Å². The molecule has 2 atom stereocenters. The van der Waals surface area contributed by atoms with Gasteiger partial charge in [0.05, 0.1) is 28.5 Å². The summed E-state index contributed by atoms with van der Waals surface area (Å²) in [6.45, 7) is 9.91. The molecule has 1 aromatic carbocycles. The van der Waals surface area contributed by atoms with E-state index in [1.807, 2.05) is 69.4 Å². The van der Waals surface area contributed by atoms with Gasteiger partial charge < -0.3 is 20.1 Å². The molecular formula is C30H31ClN6OS. The number of halogens is 1. The summed E-state index contributed by atoms with van der Waals surface area (Å²) in [5.41, 5.74) is 6.63. The maximum atomic E-state index is 12.3. The Labute approximate surface area is 239 Å². The van der Waals surface area contributed by atoms with Crippen LogP contribution in [0.4, 0.5) is 11.4 Å². The standard InChI is InChI=1S/C30H31ClN6OS/c1-17(2)29(38)34-24-11-10-21(15-23(24)31)37-28(27(35-30(37)39)25-8-6-7-13-32-25)22-14-19(4)36(20(22)5)26-12-9-18(3)16-33-26/h6-17,27-28H,1-5H3,(H,34,38)(H,35,39)/t27-,28-/m0/s1. The van der Waals surface area contributed by atoms with Crippen LogP contribution < -0.4 is 15.5 Å². The predicted molar refractivity (Wildman–Crippen MR) is 161 cm³/mol. The van der Waals surface area contributed by atoms with Crippen molar-refractivity contribution in [2.24, 2.45) is 5.92 Å². The molecule has 1 aliphatic heterocycles. The second kappa shape index (κ2) is 10.8. The van der Waals surface area contributed by atoms with E-state index >= 15 is 0 Å². The van der Waals surface area contributed by atoms with Gasteiger partial charge in [0.15, 0.2) is 5.11 Å². The number of hydrogen-bond acceptors (Lipinski definition) is 4. The SMILES string of the molecule is Cc1ccc(-n2c(C)cc([C@H]3[C@H](c4ccccn4)NC(=S)N3c3ccc(NC(=O)C(C)C)c(Cl)c3)c2C)nc1. The third-order valence-corrected chi connectivity index (χ3v) is 7.65. The van der Waals surface area contributed by atoms with E-state index in [0.29, 0.717) is 15.8 Å². The lowest BCUT2D eigenvalue weighted by Gasteiger charge is -2.28. The molecule has 3 aromatic heterocycles. The second-order valence-electron chi connectivity index (χ2n) is 10.2. The lowest BCUT2D eigenvalue weighted by Crippen LogP contribution is -2.29. The van der Waals surface area contributed by atoms with Crippen LogP contribution in [-0.4, -0.2) is 25.6 Å². The smallest absolute Gasteiger partial charge is 0.226 e. The number of nitrogens with one attached hydrogen (secondary N) is 2. The van der Waals surface area contributed by atoms with Crippen molar-refractivity contribution in [2.45, 2.75) is 46.7 Å². The highest BCUT2D eigenvalue weighted by molar-refractivity contribution is 7.80. The number of anilines is 2. The van der Waals surface area contributed by atoms with Crippen LogP contribution in [0, 0.1) is 26.7 Å². The fourth-order valence-electron chi connectivity index (χ4n) is 5.01. The van der Waals surface area contributed by atoms with Crippen molar-refractivity contribution < 1.29 is 4.79 Å². The maximum Gasteiger partial charge on any atom is 0.226 e. The molecule has 0 bridgehead atoms. The van der Waals surface area contributed by atoms with Gasteiger partial charge >= 0.3 is 0 Å². The minimum Gasteiger partial charge on any atom is -0.351 e. The first-order valence-corrected chi connectivity index (χ1v) is 13.7. The molecular weight excluding hydrogens is 528 g/mol. The van der Waals surface area contributed by atoms with Gasteiger partial charge in [-0.3, -0.25) is 9.78 Å². The summed E-state index contributed by atoms with van der Waals surface area (Å²) in [6.07, 6.45) is 3.67. The molecule has 4 aromatic rings. The molecule has 200 valence electrons. The number of amides is 1. The molecule has 0 aliphatic carbocycles. The summed E-state index contributed by atoms with van der Waals surface area (Å²) >= 11 is 12.6. The summed E-state index contributed by atoms with van der Waals surface area (Å²) in [5.74, 6) is 0.621. The molecule has 0 saturated carbocycles. The Bertz CT molecular complexity index is 1530. The molecule has 4 heterocycles. The first kappa shape index (κ1) is 26.8. The number of carbonyl (C=O) groups is 1. The fourth-order valence-corrected chi connectivity index (χ4v) is 5.58.